The fraction of sp³-hybridized carbons (Fsp3) is 0.280. The van der Waals surface area contributed by atoms with Gasteiger partial charge in [-0.05, 0) is 30.2 Å². The molecule has 2 heterocycles. The van der Waals surface area contributed by atoms with Crippen LogP contribution in [0.5, 0.6) is 5.75 Å². The molecule has 11 heteroatoms. The van der Waals surface area contributed by atoms with Crippen LogP contribution in [0.1, 0.15) is 17.4 Å². The number of amides is 1. The number of fused-ring (bicyclic) bond motifs is 1. The molecule has 9 nitrogen and oxygen atoms in total. The van der Waals surface area contributed by atoms with Crippen molar-refractivity contribution in [2.24, 2.45) is 0 Å². The number of benzene rings is 2. The number of carbonyl (C=O) groups excluding carboxylic acids is 2. The first-order chi connectivity index (χ1) is 17.4. The molecule has 1 amide bonds. The first kappa shape index (κ1) is 25.3. The Hall–Kier alpha value is -3.78. The third kappa shape index (κ3) is 5.88. The van der Waals surface area contributed by atoms with E-state index >= 15 is 0 Å². The molecular formula is C25H24ClFN6O3. The predicted molar refractivity (Wildman–Crippen MR) is 137 cm³/mol. The number of anilines is 3. The van der Waals surface area contributed by atoms with E-state index in [1.54, 1.807) is 18.2 Å². The van der Waals surface area contributed by atoms with Crippen LogP contribution >= 0.6 is 11.6 Å². The smallest absolute Gasteiger partial charge is 0.300 e. The van der Waals surface area contributed by atoms with E-state index in [4.69, 9.17) is 16.3 Å². The zero-order valence-corrected chi connectivity index (χ0v) is 20.5. The van der Waals surface area contributed by atoms with Gasteiger partial charge in [0, 0.05) is 50.2 Å². The van der Waals surface area contributed by atoms with Gasteiger partial charge in [-0.1, -0.05) is 17.5 Å². The normalized spacial score (nSPS) is 13.6. The summed E-state index contributed by atoms with van der Waals surface area (Å²) in [4.78, 5) is 27.0. The lowest BCUT2D eigenvalue weighted by molar-refractivity contribution is -0.111. The van der Waals surface area contributed by atoms with Crippen LogP contribution in [-0.2, 0) is 4.79 Å². The molecule has 1 aromatic heterocycles. The fourth-order valence-electron chi connectivity index (χ4n) is 3.75. The largest absolute Gasteiger partial charge is 0.494 e. The first-order valence-electron chi connectivity index (χ1n) is 11.2. The molecule has 1 fully saturated rings. The van der Waals surface area contributed by atoms with Gasteiger partial charge in [-0.15, -0.1) is 10.2 Å². The molecule has 2 aromatic carbocycles. The van der Waals surface area contributed by atoms with Crippen LogP contribution in [0.15, 0.2) is 30.3 Å². The molecule has 4 rings (SSSR count). The van der Waals surface area contributed by atoms with Gasteiger partial charge in [0.2, 0.25) is 0 Å². The van der Waals surface area contributed by atoms with Crippen LogP contribution in [0.2, 0.25) is 5.02 Å². The molecular weight excluding hydrogens is 487 g/mol. The third-order valence-corrected chi connectivity index (χ3v) is 5.87. The van der Waals surface area contributed by atoms with Crippen LogP contribution in [-0.4, -0.2) is 66.6 Å². The second-order valence-electron chi connectivity index (χ2n) is 8.09. The minimum Gasteiger partial charge on any atom is -0.494 e. The van der Waals surface area contributed by atoms with E-state index < -0.39 is 11.7 Å². The summed E-state index contributed by atoms with van der Waals surface area (Å²) in [5.41, 5.74) is 1.44. The average Bonchev–Trinajstić information content (AvgIpc) is 2.86. The van der Waals surface area contributed by atoms with Crippen LogP contribution in [0, 0.1) is 17.7 Å². The van der Waals surface area contributed by atoms with Gasteiger partial charge in [-0.25, -0.2) is 4.39 Å². The van der Waals surface area contributed by atoms with E-state index in [9.17, 15) is 14.0 Å². The predicted octanol–water partition coefficient (Wildman–Crippen LogP) is 3.22. The molecule has 36 heavy (non-hydrogen) atoms. The van der Waals surface area contributed by atoms with Crippen LogP contribution in [0.4, 0.5) is 21.5 Å². The number of nitrogens with one attached hydrogen (secondary N) is 3. The van der Waals surface area contributed by atoms with Gasteiger partial charge in [0.15, 0.2) is 11.5 Å². The number of ketones is 1. The molecule has 186 valence electrons. The summed E-state index contributed by atoms with van der Waals surface area (Å²) in [6.45, 7) is 5.39. The molecule has 0 bridgehead atoms. The van der Waals surface area contributed by atoms with Crippen molar-refractivity contribution in [2.75, 3.05) is 50.5 Å². The number of Topliss-reactive ketones (excluding diaryl/α,β-unsaturated/α-hetero) is 1. The van der Waals surface area contributed by atoms with E-state index in [0.717, 1.165) is 26.2 Å². The molecule has 0 saturated carbocycles. The molecule has 1 aliphatic heterocycles. The lowest BCUT2D eigenvalue weighted by Gasteiger charge is -2.24. The van der Waals surface area contributed by atoms with Crippen molar-refractivity contribution in [2.45, 2.75) is 6.92 Å². The summed E-state index contributed by atoms with van der Waals surface area (Å²) in [5, 5.41) is 17.7. The molecule has 0 spiro atoms. The van der Waals surface area contributed by atoms with Crippen molar-refractivity contribution in [3.05, 3.63) is 46.9 Å². The van der Waals surface area contributed by atoms with Gasteiger partial charge < -0.3 is 20.7 Å². The van der Waals surface area contributed by atoms with Crippen molar-refractivity contribution in [1.82, 2.24) is 20.4 Å². The molecule has 1 aliphatic rings. The van der Waals surface area contributed by atoms with Crippen molar-refractivity contribution >= 4 is 51.3 Å². The maximum Gasteiger partial charge on any atom is 0.300 e. The molecule has 1 saturated heterocycles. The first-order valence-corrected chi connectivity index (χ1v) is 11.6. The Bertz CT molecular complexity index is 1380. The zero-order chi connectivity index (χ0) is 25.7. The van der Waals surface area contributed by atoms with Crippen molar-refractivity contribution in [1.29, 1.82) is 0 Å². The highest BCUT2D eigenvalue weighted by molar-refractivity contribution is 6.30. The Morgan fingerprint density at radius 3 is 2.69 bits per heavy atom. The summed E-state index contributed by atoms with van der Waals surface area (Å²) in [6, 6.07) is 7.38. The summed E-state index contributed by atoms with van der Waals surface area (Å²) in [6.07, 6.45) is 0. The molecule has 3 N–H and O–H groups in total. The molecule has 0 unspecified atom stereocenters. The van der Waals surface area contributed by atoms with Gasteiger partial charge in [-0.3, -0.25) is 14.5 Å². The number of carbonyl (C=O) groups is 2. The van der Waals surface area contributed by atoms with Gasteiger partial charge >= 0.3 is 0 Å². The highest BCUT2D eigenvalue weighted by Crippen LogP contribution is 2.35. The highest BCUT2D eigenvalue weighted by atomic mass is 35.5. The molecule has 0 aliphatic carbocycles. The number of nitrogens with zero attached hydrogens (tertiary/aromatic N) is 3. The van der Waals surface area contributed by atoms with Crippen molar-refractivity contribution in [3.8, 4) is 17.6 Å². The van der Waals surface area contributed by atoms with E-state index in [2.05, 4.69) is 42.9 Å². The maximum atomic E-state index is 14.0. The molecule has 0 atom stereocenters. The van der Waals surface area contributed by atoms with E-state index in [1.807, 2.05) is 0 Å². The zero-order valence-electron chi connectivity index (χ0n) is 19.7. The Morgan fingerprint density at radius 2 is 2.00 bits per heavy atom. The van der Waals surface area contributed by atoms with Crippen LogP contribution in [0.3, 0.4) is 0 Å². The average molecular weight is 511 g/mol. The summed E-state index contributed by atoms with van der Waals surface area (Å²) in [7, 11) is 1.46. The van der Waals surface area contributed by atoms with E-state index in [1.165, 1.54) is 26.2 Å². The van der Waals surface area contributed by atoms with E-state index in [0.29, 0.717) is 40.3 Å². The number of halogens is 2. The monoisotopic (exact) mass is 510 g/mol. The standard InChI is InChI=1S/C25H24ClFN6O3/c1-15(34)24-25(29-16-5-6-18(26)19(27)12-16)17-13-21(22(36-2)14-20(17)31-32-24)30-23(35)4-3-9-33-10-7-28-8-11-33/h5-6,12-14,28H,7-11H2,1-2H3,(H,29,31)(H,30,35). The Labute approximate surface area is 212 Å². The van der Waals surface area contributed by atoms with Crippen molar-refractivity contribution < 1.29 is 18.7 Å². The highest BCUT2D eigenvalue weighted by Gasteiger charge is 2.19. The number of rotatable bonds is 6. The van der Waals surface area contributed by atoms with Crippen molar-refractivity contribution in [3.63, 3.8) is 0 Å². The lowest BCUT2D eigenvalue weighted by atomic mass is 10.1. The number of piperazine rings is 1. The SMILES string of the molecule is COc1cc2nnc(C(C)=O)c(Nc3ccc(Cl)c(F)c3)c2cc1NC(=O)C#CCN1CCNCC1. The number of ether oxygens (including phenoxy) is 1. The summed E-state index contributed by atoms with van der Waals surface area (Å²) < 4.78 is 19.5. The summed E-state index contributed by atoms with van der Waals surface area (Å²) in [5.74, 6) is 4.37. The second-order valence-corrected chi connectivity index (χ2v) is 8.49. The number of aromatic nitrogens is 2. The summed E-state index contributed by atoms with van der Waals surface area (Å²) >= 11 is 5.79. The third-order valence-electron chi connectivity index (χ3n) is 5.57. The maximum absolute atomic E-state index is 14.0. The quantitative estimate of drug-likeness (QED) is 0.343. The Morgan fingerprint density at radius 1 is 1.22 bits per heavy atom. The van der Waals surface area contributed by atoms with Gasteiger partial charge in [0.1, 0.15) is 11.6 Å². The Balaban J connectivity index is 1.67. The lowest BCUT2D eigenvalue weighted by Crippen LogP contribution is -2.43. The Kier molecular flexibility index (Phi) is 7.95. The molecule has 3 aromatic rings. The number of hydrogen-bond acceptors (Lipinski definition) is 8. The van der Waals surface area contributed by atoms with Gasteiger partial charge in [0.25, 0.3) is 5.91 Å². The second kappa shape index (κ2) is 11.3. The van der Waals surface area contributed by atoms with Gasteiger partial charge in [-0.2, -0.15) is 0 Å². The van der Waals surface area contributed by atoms with Crippen LogP contribution in [0.25, 0.3) is 10.9 Å². The minimum atomic E-state index is -0.619. The minimum absolute atomic E-state index is 0.0298. The molecule has 0 radical (unpaired) electrons. The van der Waals surface area contributed by atoms with E-state index in [-0.39, 0.29) is 16.5 Å². The fourth-order valence-corrected chi connectivity index (χ4v) is 3.86. The van der Waals surface area contributed by atoms with Gasteiger partial charge in [0.05, 0.1) is 35.6 Å². The topological polar surface area (TPSA) is 108 Å². The number of methoxy groups -OCH3 is 1. The number of hydrogen-bond donors (Lipinski definition) is 3. The van der Waals surface area contributed by atoms with Crippen LogP contribution < -0.4 is 20.7 Å².